The van der Waals surface area contributed by atoms with E-state index in [2.05, 4.69) is 4.90 Å². The van der Waals surface area contributed by atoms with Crippen molar-refractivity contribution in [2.75, 3.05) is 20.1 Å². The van der Waals surface area contributed by atoms with E-state index >= 15 is 0 Å². The summed E-state index contributed by atoms with van der Waals surface area (Å²) in [6.45, 7) is 1.86. The van der Waals surface area contributed by atoms with Crippen molar-refractivity contribution in [1.29, 1.82) is 0 Å². The van der Waals surface area contributed by atoms with Crippen LogP contribution in [0.2, 0.25) is 5.02 Å². The molecule has 0 bridgehead atoms. The Morgan fingerprint density at radius 3 is 2.79 bits per heavy atom. The SMILES string of the molecule is CN1CC(Oc2ccc(O)cc2Cl)C1. The van der Waals surface area contributed by atoms with Gasteiger partial charge in [0.25, 0.3) is 0 Å². The molecular formula is C10H12ClNO2. The molecule has 1 fully saturated rings. The molecule has 1 heterocycles. The summed E-state index contributed by atoms with van der Waals surface area (Å²) in [6.07, 6.45) is 0.224. The van der Waals surface area contributed by atoms with Gasteiger partial charge in [0.05, 0.1) is 5.02 Å². The largest absolute Gasteiger partial charge is 0.508 e. The lowest BCUT2D eigenvalue weighted by molar-refractivity contribution is 0.0388. The molecule has 1 aromatic carbocycles. The molecule has 0 spiro atoms. The van der Waals surface area contributed by atoms with Crippen molar-refractivity contribution >= 4 is 11.6 Å². The number of halogens is 1. The number of likely N-dealkylation sites (N-methyl/N-ethyl adjacent to an activating group) is 1. The van der Waals surface area contributed by atoms with Crippen LogP contribution in [0.4, 0.5) is 0 Å². The number of phenolic OH excluding ortho intramolecular Hbond substituents is 1. The Hall–Kier alpha value is -0.930. The smallest absolute Gasteiger partial charge is 0.138 e. The van der Waals surface area contributed by atoms with E-state index in [1.165, 1.54) is 6.07 Å². The number of hydrogen-bond acceptors (Lipinski definition) is 3. The van der Waals surface area contributed by atoms with Crippen LogP contribution in [0.25, 0.3) is 0 Å². The molecule has 1 aliphatic rings. The van der Waals surface area contributed by atoms with Gasteiger partial charge in [-0.15, -0.1) is 0 Å². The highest BCUT2D eigenvalue weighted by Gasteiger charge is 2.25. The van der Waals surface area contributed by atoms with Crippen LogP contribution in [-0.2, 0) is 0 Å². The van der Waals surface area contributed by atoms with Gasteiger partial charge in [-0.3, -0.25) is 4.90 Å². The molecule has 0 radical (unpaired) electrons. The van der Waals surface area contributed by atoms with E-state index in [0.29, 0.717) is 10.8 Å². The second-order valence-corrected chi connectivity index (χ2v) is 3.98. The maximum Gasteiger partial charge on any atom is 0.138 e. The monoisotopic (exact) mass is 213 g/mol. The van der Waals surface area contributed by atoms with Gasteiger partial charge in [-0.1, -0.05) is 11.6 Å². The Morgan fingerprint density at radius 1 is 1.50 bits per heavy atom. The van der Waals surface area contributed by atoms with E-state index in [9.17, 15) is 0 Å². The minimum atomic E-state index is 0.160. The fourth-order valence-electron chi connectivity index (χ4n) is 1.48. The number of phenols is 1. The van der Waals surface area contributed by atoms with Gasteiger partial charge in [0.2, 0.25) is 0 Å². The van der Waals surface area contributed by atoms with E-state index in [0.717, 1.165) is 13.1 Å². The molecule has 1 saturated heterocycles. The number of hydrogen-bond donors (Lipinski definition) is 1. The highest BCUT2D eigenvalue weighted by atomic mass is 35.5. The molecule has 1 N–H and O–H groups in total. The summed E-state index contributed by atoms with van der Waals surface area (Å²) >= 11 is 5.89. The lowest BCUT2D eigenvalue weighted by Gasteiger charge is -2.36. The highest BCUT2D eigenvalue weighted by Crippen LogP contribution is 2.29. The Bertz CT molecular complexity index is 337. The second-order valence-electron chi connectivity index (χ2n) is 3.58. The average Bonchev–Trinajstić information content (AvgIpc) is 2.06. The molecule has 0 saturated carbocycles. The molecule has 1 aliphatic heterocycles. The standard InChI is InChI=1S/C10H12ClNO2/c1-12-5-8(6-12)14-10-3-2-7(13)4-9(10)11/h2-4,8,13H,5-6H2,1H3. The normalized spacial score (nSPS) is 17.9. The molecule has 1 aromatic rings. The molecule has 0 aromatic heterocycles. The van der Waals surface area contributed by atoms with Gasteiger partial charge in [-0.05, 0) is 19.2 Å². The first kappa shape index (κ1) is 9.62. The summed E-state index contributed by atoms with van der Waals surface area (Å²) in [6, 6.07) is 4.75. The van der Waals surface area contributed by atoms with Gasteiger partial charge in [0.1, 0.15) is 17.6 Å². The third-order valence-electron chi connectivity index (χ3n) is 2.24. The molecule has 0 amide bonds. The van der Waals surface area contributed by atoms with Crippen molar-refractivity contribution in [3.05, 3.63) is 23.2 Å². The van der Waals surface area contributed by atoms with Crippen molar-refractivity contribution in [1.82, 2.24) is 4.90 Å². The number of likely N-dealkylation sites (tertiary alicyclic amines) is 1. The van der Waals surface area contributed by atoms with Crippen LogP contribution in [0, 0.1) is 0 Å². The number of aromatic hydroxyl groups is 1. The van der Waals surface area contributed by atoms with Gasteiger partial charge in [-0.2, -0.15) is 0 Å². The zero-order valence-electron chi connectivity index (χ0n) is 7.90. The number of rotatable bonds is 2. The molecule has 76 valence electrons. The van der Waals surface area contributed by atoms with Crippen molar-refractivity contribution in [3.8, 4) is 11.5 Å². The molecule has 3 nitrogen and oxygen atoms in total. The second kappa shape index (κ2) is 3.67. The van der Waals surface area contributed by atoms with E-state index in [-0.39, 0.29) is 11.9 Å². The van der Waals surface area contributed by atoms with Crippen LogP contribution in [-0.4, -0.2) is 36.2 Å². The molecular weight excluding hydrogens is 202 g/mol. The summed E-state index contributed by atoms with van der Waals surface area (Å²) in [5, 5.41) is 9.59. The van der Waals surface area contributed by atoms with Gasteiger partial charge in [0, 0.05) is 19.2 Å². The van der Waals surface area contributed by atoms with Crippen LogP contribution in [0.3, 0.4) is 0 Å². The minimum absolute atomic E-state index is 0.160. The first-order valence-electron chi connectivity index (χ1n) is 4.49. The Kier molecular flexibility index (Phi) is 2.52. The van der Waals surface area contributed by atoms with E-state index in [4.69, 9.17) is 21.4 Å². The third kappa shape index (κ3) is 1.94. The van der Waals surface area contributed by atoms with E-state index in [1.807, 2.05) is 7.05 Å². The molecule has 4 heteroatoms. The lowest BCUT2D eigenvalue weighted by Crippen LogP contribution is -2.51. The van der Waals surface area contributed by atoms with Crippen molar-refractivity contribution in [2.45, 2.75) is 6.10 Å². The van der Waals surface area contributed by atoms with Gasteiger partial charge < -0.3 is 9.84 Å². The predicted molar refractivity (Wildman–Crippen MR) is 55.0 cm³/mol. The first-order valence-corrected chi connectivity index (χ1v) is 4.86. The van der Waals surface area contributed by atoms with Crippen LogP contribution >= 0.6 is 11.6 Å². The van der Waals surface area contributed by atoms with E-state index in [1.54, 1.807) is 12.1 Å². The maximum atomic E-state index is 9.14. The molecule has 0 unspecified atom stereocenters. The van der Waals surface area contributed by atoms with Crippen LogP contribution < -0.4 is 4.74 Å². The lowest BCUT2D eigenvalue weighted by atomic mass is 10.2. The first-order chi connectivity index (χ1) is 6.65. The van der Waals surface area contributed by atoms with Gasteiger partial charge in [0.15, 0.2) is 0 Å². The Labute approximate surface area is 87.9 Å². The third-order valence-corrected chi connectivity index (χ3v) is 2.54. The summed E-state index contributed by atoms with van der Waals surface area (Å²) in [5.41, 5.74) is 0. The quantitative estimate of drug-likeness (QED) is 0.813. The summed E-state index contributed by atoms with van der Waals surface area (Å²) < 4.78 is 5.62. The minimum Gasteiger partial charge on any atom is -0.508 e. The number of benzene rings is 1. The highest BCUT2D eigenvalue weighted by molar-refractivity contribution is 6.32. The van der Waals surface area contributed by atoms with Crippen LogP contribution in [0.5, 0.6) is 11.5 Å². The Balaban J connectivity index is 2.02. The summed E-state index contributed by atoms with van der Waals surface area (Å²) in [7, 11) is 2.04. The summed E-state index contributed by atoms with van der Waals surface area (Å²) in [5.74, 6) is 0.802. The zero-order valence-corrected chi connectivity index (χ0v) is 8.66. The number of ether oxygens (including phenoxy) is 1. The van der Waals surface area contributed by atoms with Gasteiger partial charge >= 0.3 is 0 Å². The number of nitrogens with zero attached hydrogens (tertiary/aromatic N) is 1. The fraction of sp³-hybridized carbons (Fsp3) is 0.400. The molecule has 0 atom stereocenters. The van der Waals surface area contributed by atoms with Crippen molar-refractivity contribution < 1.29 is 9.84 Å². The molecule has 0 aliphatic carbocycles. The predicted octanol–water partition coefficient (Wildman–Crippen LogP) is 1.74. The topological polar surface area (TPSA) is 32.7 Å². The maximum absolute atomic E-state index is 9.14. The molecule has 2 rings (SSSR count). The summed E-state index contributed by atoms with van der Waals surface area (Å²) in [4.78, 5) is 2.17. The van der Waals surface area contributed by atoms with Crippen LogP contribution in [0.15, 0.2) is 18.2 Å². The van der Waals surface area contributed by atoms with E-state index < -0.39 is 0 Å². The fourth-order valence-corrected chi connectivity index (χ4v) is 1.70. The Morgan fingerprint density at radius 2 is 2.21 bits per heavy atom. The van der Waals surface area contributed by atoms with Crippen LogP contribution in [0.1, 0.15) is 0 Å². The average molecular weight is 214 g/mol. The van der Waals surface area contributed by atoms with Gasteiger partial charge in [-0.25, -0.2) is 0 Å². The zero-order chi connectivity index (χ0) is 10.1. The molecule has 14 heavy (non-hydrogen) atoms. The van der Waals surface area contributed by atoms with Crippen molar-refractivity contribution in [3.63, 3.8) is 0 Å². The van der Waals surface area contributed by atoms with Crippen molar-refractivity contribution in [2.24, 2.45) is 0 Å².